The van der Waals surface area contributed by atoms with Gasteiger partial charge in [-0.3, -0.25) is 0 Å². The fourth-order valence-corrected chi connectivity index (χ4v) is 3.72. The third kappa shape index (κ3) is 5.65. The smallest absolute Gasteiger partial charge is 0.419 e. The van der Waals surface area contributed by atoms with E-state index in [1.807, 2.05) is 53.4 Å². The summed E-state index contributed by atoms with van der Waals surface area (Å²) in [5.41, 5.74) is 1.14. The van der Waals surface area contributed by atoms with Crippen molar-refractivity contribution in [2.24, 2.45) is 0 Å². The van der Waals surface area contributed by atoms with Crippen LogP contribution in [0.1, 0.15) is 29.2 Å². The number of halogens is 4. The van der Waals surface area contributed by atoms with E-state index < -0.39 is 16.9 Å². The molecule has 0 amide bonds. The maximum Gasteiger partial charge on any atom is 0.419 e. The van der Waals surface area contributed by atoms with Crippen molar-refractivity contribution < 1.29 is 22.6 Å². The quantitative estimate of drug-likeness (QED) is 0.354. The lowest BCUT2D eigenvalue weighted by molar-refractivity contribution is -0.138. The maximum absolute atomic E-state index is 13.5. The Bertz CT molecular complexity index is 989. The van der Waals surface area contributed by atoms with Crippen molar-refractivity contribution in [2.75, 3.05) is 19.1 Å². The van der Waals surface area contributed by atoms with Gasteiger partial charge in [0.05, 0.1) is 19.8 Å². The molecule has 0 N–H and O–H groups in total. The second kappa shape index (κ2) is 10.1. The molecule has 0 atom stereocenters. The second-order valence-corrected chi connectivity index (χ2v) is 7.57. The first-order valence-corrected chi connectivity index (χ1v) is 10.4. The lowest BCUT2D eigenvalue weighted by Crippen LogP contribution is -2.24. The van der Waals surface area contributed by atoms with Gasteiger partial charge in [-0.05, 0) is 53.4 Å². The van der Waals surface area contributed by atoms with Gasteiger partial charge in [0.25, 0.3) is 0 Å². The van der Waals surface area contributed by atoms with Gasteiger partial charge < -0.3 is 14.4 Å². The number of rotatable bonds is 8. The van der Waals surface area contributed by atoms with Crippen molar-refractivity contribution in [3.05, 3.63) is 82.0 Å². The highest BCUT2D eigenvalue weighted by molar-refractivity contribution is 6.30. The topological polar surface area (TPSA) is 34.6 Å². The molecule has 3 aromatic rings. The molecule has 0 spiro atoms. The number of benzene rings is 2. The van der Waals surface area contributed by atoms with Crippen LogP contribution in [0.2, 0.25) is 5.15 Å². The normalized spacial score (nSPS) is 11.3. The van der Waals surface area contributed by atoms with E-state index in [2.05, 4.69) is 4.98 Å². The minimum absolute atomic E-state index is 0.113. The van der Waals surface area contributed by atoms with E-state index in [0.29, 0.717) is 18.9 Å². The van der Waals surface area contributed by atoms with E-state index in [-0.39, 0.29) is 12.0 Å². The standard InChI is InChI=1S/C24H24ClF3N2O2/c1-4-18-13-21(29-23(25)22(18)24(26,27)28)30(14-16-5-9-19(31-2)10-6-16)15-17-7-11-20(32-3)12-8-17/h5-13H,4,14-15H2,1-3H3. The van der Waals surface area contributed by atoms with Gasteiger partial charge in [-0.2, -0.15) is 13.2 Å². The SMILES string of the molecule is CCc1cc(N(Cc2ccc(OC)cc2)Cc2ccc(OC)cc2)nc(Cl)c1C(F)(F)F. The van der Waals surface area contributed by atoms with Gasteiger partial charge in [0.1, 0.15) is 22.5 Å². The number of aromatic nitrogens is 1. The van der Waals surface area contributed by atoms with Gasteiger partial charge in [-0.1, -0.05) is 42.8 Å². The Morgan fingerprint density at radius 1 is 0.875 bits per heavy atom. The van der Waals surface area contributed by atoms with Gasteiger partial charge >= 0.3 is 6.18 Å². The molecule has 1 heterocycles. The molecule has 0 aliphatic heterocycles. The number of methoxy groups -OCH3 is 2. The van der Waals surface area contributed by atoms with Crippen molar-refractivity contribution in [1.29, 1.82) is 0 Å². The monoisotopic (exact) mass is 464 g/mol. The number of ether oxygens (including phenoxy) is 2. The number of aryl methyl sites for hydroxylation is 1. The Kier molecular flexibility index (Phi) is 7.51. The third-order valence-electron chi connectivity index (χ3n) is 5.10. The summed E-state index contributed by atoms with van der Waals surface area (Å²) in [4.78, 5) is 6.03. The van der Waals surface area contributed by atoms with E-state index in [1.165, 1.54) is 6.07 Å². The highest BCUT2D eigenvalue weighted by Gasteiger charge is 2.37. The molecule has 1 aromatic heterocycles. The fraction of sp³-hybridized carbons (Fsp3) is 0.292. The van der Waals surface area contributed by atoms with E-state index in [0.717, 1.165) is 22.6 Å². The van der Waals surface area contributed by atoms with E-state index >= 15 is 0 Å². The molecule has 0 aliphatic carbocycles. The van der Waals surface area contributed by atoms with Crippen molar-refractivity contribution >= 4 is 17.4 Å². The minimum atomic E-state index is -4.56. The maximum atomic E-state index is 13.5. The number of anilines is 1. The minimum Gasteiger partial charge on any atom is -0.497 e. The molecule has 2 aromatic carbocycles. The van der Waals surface area contributed by atoms with E-state index in [9.17, 15) is 13.2 Å². The first-order valence-electron chi connectivity index (χ1n) is 10.0. The zero-order valence-electron chi connectivity index (χ0n) is 18.0. The van der Waals surface area contributed by atoms with Crippen LogP contribution in [-0.4, -0.2) is 19.2 Å². The molecule has 4 nitrogen and oxygen atoms in total. The summed E-state index contributed by atoms with van der Waals surface area (Å²) in [6.07, 6.45) is -4.38. The average Bonchev–Trinajstić information content (AvgIpc) is 2.78. The zero-order chi connectivity index (χ0) is 23.3. The van der Waals surface area contributed by atoms with Crippen molar-refractivity contribution in [3.8, 4) is 11.5 Å². The molecule has 170 valence electrons. The van der Waals surface area contributed by atoms with Gasteiger partial charge in [0.15, 0.2) is 0 Å². The summed E-state index contributed by atoms with van der Waals surface area (Å²) in [5.74, 6) is 1.82. The number of hydrogen-bond acceptors (Lipinski definition) is 4. The van der Waals surface area contributed by atoms with Crippen LogP contribution in [0.4, 0.5) is 19.0 Å². The van der Waals surface area contributed by atoms with Gasteiger partial charge in [0, 0.05) is 13.1 Å². The summed E-state index contributed by atoms with van der Waals surface area (Å²) >= 11 is 6.04. The van der Waals surface area contributed by atoms with Gasteiger partial charge in [-0.15, -0.1) is 0 Å². The molecule has 0 fully saturated rings. The first kappa shape index (κ1) is 23.7. The molecule has 3 rings (SSSR count). The van der Waals surface area contributed by atoms with E-state index in [1.54, 1.807) is 21.1 Å². The molecule has 0 saturated carbocycles. The fourth-order valence-electron chi connectivity index (χ4n) is 3.41. The summed E-state index contributed by atoms with van der Waals surface area (Å²) in [6, 6.07) is 16.5. The molecule has 0 aliphatic rings. The van der Waals surface area contributed by atoms with Crippen molar-refractivity contribution in [3.63, 3.8) is 0 Å². The molecular weight excluding hydrogens is 441 g/mol. The van der Waals surface area contributed by atoms with Gasteiger partial charge in [-0.25, -0.2) is 4.98 Å². The van der Waals surface area contributed by atoms with Crippen LogP contribution in [0.25, 0.3) is 0 Å². The van der Waals surface area contributed by atoms with Crippen molar-refractivity contribution in [2.45, 2.75) is 32.6 Å². The predicted octanol–water partition coefficient (Wildman–Crippen LogP) is 6.54. The highest BCUT2D eigenvalue weighted by atomic mass is 35.5. The van der Waals surface area contributed by atoms with Crippen LogP contribution in [0.3, 0.4) is 0 Å². The van der Waals surface area contributed by atoms with Crippen LogP contribution < -0.4 is 14.4 Å². The Balaban J connectivity index is 2.01. The largest absolute Gasteiger partial charge is 0.497 e. The Morgan fingerprint density at radius 3 is 1.72 bits per heavy atom. The summed E-state index contributed by atoms with van der Waals surface area (Å²) in [7, 11) is 3.18. The molecule has 0 radical (unpaired) electrons. The Hall–Kier alpha value is -2.93. The molecular formula is C24H24ClF3N2O2. The number of pyridine rings is 1. The summed E-state index contributed by atoms with van der Waals surface area (Å²) in [5, 5.41) is -0.540. The second-order valence-electron chi connectivity index (χ2n) is 7.21. The number of nitrogens with zero attached hydrogens (tertiary/aromatic N) is 2. The van der Waals surface area contributed by atoms with Crippen molar-refractivity contribution in [1.82, 2.24) is 4.98 Å². The lowest BCUT2D eigenvalue weighted by Gasteiger charge is -2.26. The third-order valence-corrected chi connectivity index (χ3v) is 5.37. The van der Waals surface area contributed by atoms with Crippen LogP contribution in [-0.2, 0) is 25.7 Å². The van der Waals surface area contributed by atoms with Crippen LogP contribution in [0.15, 0.2) is 54.6 Å². The highest BCUT2D eigenvalue weighted by Crippen LogP contribution is 2.38. The average molecular weight is 465 g/mol. The molecule has 8 heteroatoms. The Morgan fingerprint density at radius 2 is 1.34 bits per heavy atom. The van der Waals surface area contributed by atoms with Crippen LogP contribution >= 0.6 is 11.6 Å². The lowest BCUT2D eigenvalue weighted by atomic mass is 10.1. The van der Waals surface area contributed by atoms with Crippen LogP contribution in [0, 0.1) is 0 Å². The number of alkyl halides is 3. The molecule has 0 saturated heterocycles. The predicted molar refractivity (Wildman–Crippen MR) is 120 cm³/mol. The summed E-state index contributed by atoms with van der Waals surface area (Å²) in [6.45, 7) is 2.52. The van der Waals surface area contributed by atoms with Gasteiger partial charge in [0.2, 0.25) is 0 Å². The zero-order valence-corrected chi connectivity index (χ0v) is 18.8. The molecule has 32 heavy (non-hydrogen) atoms. The number of hydrogen-bond donors (Lipinski definition) is 0. The Labute approximate surface area is 190 Å². The van der Waals surface area contributed by atoms with E-state index in [4.69, 9.17) is 21.1 Å². The summed E-state index contributed by atoms with van der Waals surface area (Å²) < 4.78 is 50.9. The first-order chi connectivity index (χ1) is 15.2. The molecule has 0 bridgehead atoms. The van der Waals surface area contributed by atoms with Crippen LogP contribution in [0.5, 0.6) is 11.5 Å². The molecule has 0 unspecified atom stereocenters.